The summed E-state index contributed by atoms with van der Waals surface area (Å²) in [4.78, 5) is 10.4. The Morgan fingerprint density at radius 1 is 1.80 bits per heavy atom. The summed E-state index contributed by atoms with van der Waals surface area (Å²) < 4.78 is 4.66. The molecule has 0 rings (SSSR count). The fourth-order valence-corrected chi connectivity index (χ4v) is 0.555. The van der Waals surface area contributed by atoms with Crippen LogP contribution in [0.5, 0.6) is 0 Å². The van der Waals surface area contributed by atoms with E-state index in [0.717, 1.165) is 0 Å². The van der Waals surface area contributed by atoms with Gasteiger partial charge in [-0.2, -0.15) is 0 Å². The molecule has 0 aromatic heterocycles. The first-order chi connectivity index (χ1) is 4.70. The number of allylic oxidation sites excluding steroid dienone is 1. The molecule has 0 aromatic rings. The summed E-state index contributed by atoms with van der Waals surface area (Å²) in [5.74, 6) is -0.592. The Hall–Kier alpha value is -0.830. The molecule has 0 radical (unpaired) electrons. The molecule has 1 atom stereocenters. The zero-order valence-corrected chi connectivity index (χ0v) is 6.20. The van der Waals surface area contributed by atoms with Crippen molar-refractivity contribution in [3.63, 3.8) is 0 Å². The van der Waals surface area contributed by atoms with Crippen LogP contribution in [0, 0.1) is 0 Å². The number of hydrogen-bond donors (Lipinski definition) is 1. The summed E-state index contributed by atoms with van der Waals surface area (Å²) >= 11 is 0. The summed E-state index contributed by atoms with van der Waals surface area (Å²) in [5, 5.41) is 8.25. The van der Waals surface area contributed by atoms with Crippen LogP contribution < -0.4 is 0 Å². The number of ether oxygens (including phenoxy) is 1. The number of aliphatic hydroxyl groups excluding tert-OH is 1. The van der Waals surface area contributed by atoms with E-state index in [9.17, 15) is 4.79 Å². The third-order valence-corrected chi connectivity index (χ3v) is 0.910. The number of carbonyl (C=O) groups is 1. The lowest BCUT2D eigenvalue weighted by Gasteiger charge is -2.05. The molecule has 0 amide bonds. The maximum atomic E-state index is 10.4. The lowest BCUT2D eigenvalue weighted by Crippen LogP contribution is -2.15. The van der Waals surface area contributed by atoms with E-state index in [0.29, 0.717) is 0 Å². The number of hydrogen-bond acceptors (Lipinski definition) is 3. The van der Waals surface area contributed by atoms with E-state index in [1.807, 2.05) is 6.92 Å². The largest absolute Gasteiger partial charge is 0.457 e. The Bertz CT molecular complexity index is 129. The van der Waals surface area contributed by atoms with Crippen LogP contribution in [-0.2, 0) is 9.53 Å². The van der Waals surface area contributed by atoms with Gasteiger partial charge in [-0.05, 0) is 19.9 Å². The fraction of sp³-hybridized carbons (Fsp3) is 0.571. The Kier molecular flexibility index (Phi) is 4.58. The van der Waals surface area contributed by atoms with Crippen molar-refractivity contribution < 1.29 is 14.6 Å². The van der Waals surface area contributed by atoms with Gasteiger partial charge in [-0.3, -0.25) is 0 Å². The van der Waals surface area contributed by atoms with E-state index in [1.54, 1.807) is 19.1 Å². The van der Waals surface area contributed by atoms with Gasteiger partial charge in [0.1, 0.15) is 12.7 Å². The van der Waals surface area contributed by atoms with E-state index in [2.05, 4.69) is 4.74 Å². The molecule has 1 N–H and O–H groups in total. The minimum absolute atomic E-state index is 0.246. The Labute approximate surface area is 60.3 Å². The maximum Gasteiger partial charge on any atom is 0.332 e. The lowest BCUT2D eigenvalue weighted by molar-refractivity contribution is -0.149. The van der Waals surface area contributed by atoms with E-state index in [1.165, 1.54) is 0 Å². The van der Waals surface area contributed by atoms with Gasteiger partial charge in [0, 0.05) is 0 Å². The number of esters is 1. The molecule has 10 heavy (non-hydrogen) atoms. The summed E-state index contributed by atoms with van der Waals surface area (Å²) in [5.41, 5.74) is 0. The van der Waals surface area contributed by atoms with Crippen molar-refractivity contribution >= 4 is 5.97 Å². The fourth-order valence-electron chi connectivity index (χ4n) is 0.555. The molecule has 0 aliphatic carbocycles. The monoisotopic (exact) mass is 144 g/mol. The summed E-state index contributed by atoms with van der Waals surface area (Å²) in [6, 6.07) is 0. The molecule has 0 aromatic carbocycles. The topological polar surface area (TPSA) is 46.5 Å². The van der Waals surface area contributed by atoms with Gasteiger partial charge in [0.15, 0.2) is 0 Å². The van der Waals surface area contributed by atoms with Gasteiger partial charge in [0.05, 0.1) is 0 Å². The third-order valence-electron chi connectivity index (χ3n) is 0.910. The van der Waals surface area contributed by atoms with Crippen molar-refractivity contribution in [1.29, 1.82) is 0 Å². The minimum Gasteiger partial charge on any atom is -0.457 e. The quantitative estimate of drug-likeness (QED) is 0.463. The van der Waals surface area contributed by atoms with Crippen LogP contribution in [0.4, 0.5) is 0 Å². The second-order valence-electron chi connectivity index (χ2n) is 1.88. The van der Waals surface area contributed by atoms with Crippen LogP contribution in [0.1, 0.15) is 13.8 Å². The van der Waals surface area contributed by atoms with Gasteiger partial charge in [0.2, 0.25) is 0 Å². The van der Waals surface area contributed by atoms with Crippen molar-refractivity contribution in [1.82, 2.24) is 0 Å². The minimum atomic E-state index is -0.592. The molecule has 1 unspecified atom stereocenters. The third kappa shape index (κ3) is 4.09. The Morgan fingerprint density at radius 2 is 2.40 bits per heavy atom. The lowest BCUT2D eigenvalue weighted by atomic mass is 10.3. The van der Waals surface area contributed by atoms with Crippen molar-refractivity contribution in [2.75, 3.05) is 6.61 Å². The normalized spacial score (nSPS) is 13.5. The molecule has 0 bridgehead atoms. The maximum absolute atomic E-state index is 10.4. The molecule has 58 valence electrons. The van der Waals surface area contributed by atoms with E-state index in [-0.39, 0.29) is 6.10 Å². The zero-order chi connectivity index (χ0) is 7.98. The Morgan fingerprint density at radius 3 is 2.80 bits per heavy atom. The van der Waals surface area contributed by atoms with E-state index >= 15 is 0 Å². The van der Waals surface area contributed by atoms with E-state index in [4.69, 9.17) is 5.11 Å². The highest BCUT2D eigenvalue weighted by Gasteiger charge is 2.02. The molecule has 0 heterocycles. The molecule has 0 spiro atoms. The highest BCUT2D eigenvalue weighted by molar-refractivity contribution is 5.70. The molecular weight excluding hydrogens is 132 g/mol. The number of rotatable bonds is 3. The van der Waals surface area contributed by atoms with Gasteiger partial charge in [-0.1, -0.05) is 6.08 Å². The van der Waals surface area contributed by atoms with Gasteiger partial charge in [-0.15, -0.1) is 0 Å². The summed E-state index contributed by atoms with van der Waals surface area (Å²) in [7, 11) is 0. The van der Waals surface area contributed by atoms with Crippen LogP contribution in [0.15, 0.2) is 12.2 Å². The molecule has 3 heteroatoms. The average molecular weight is 144 g/mol. The first-order valence-corrected chi connectivity index (χ1v) is 3.14. The van der Waals surface area contributed by atoms with Gasteiger partial charge in [0.25, 0.3) is 0 Å². The second kappa shape index (κ2) is 4.99. The second-order valence-corrected chi connectivity index (χ2v) is 1.88. The van der Waals surface area contributed by atoms with Gasteiger partial charge in [-0.25, -0.2) is 4.79 Å². The molecule has 0 aliphatic rings. The molecular formula is C7H12O3. The highest BCUT2D eigenvalue weighted by Crippen LogP contribution is 1.92. The average Bonchev–Trinajstić information content (AvgIpc) is 1.88. The standard InChI is InChI=1S/C7H12O3/c1-3-4-6(2)10-7(9)5-8/h3-4,6,8H,5H2,1-2H3. The van der Waals surface area contributed by atoms with Crippen molar-refractivity contribution in [3.8, 4) is 0 Å². The first kappa shape index (κ1) is 9.17. The van der Waals surface area contributed by atoms with Gasteiger partial charge < -0.3 is 9.84 Å². The molecule has 0 fully saturated rings. The SMILES string of the molecule is CC=CC(C)OC(=O)CO. The van der Waals surface area contributed by atoms with Crippen molar-refractivity contribution in [2.45, 2.75) is 20.0 Å². The smallest absolute Gasteiger partial charge is 0.332 e. The molecule has 0 saturated heterocycles. The van der Waals surface area contributed by atoms with Crippen LogP contribution >= 0.6 is 0 Å². The predicted molar refractivity (Wildman–Crippen MR) is 37.5 cm³/mol. The number of aliphatic hydroxyl groups is 1. The van der Waals surface area contributed by atoms with Crippen LogP contribution in [-0.4, -0.2) is 23.8 Å². The Balaban J connectivity index is 3.57. The highest BCUT2D eigenvalue weighted by atomic mass is 16.6. The molecule has 3 nitrogen and oxygen atoms in total. The van der Waals surface area contributed by atoms with Crippen LogP contribution in [0.3, 0.4) is 0 Å². The molecule has 0 saturated carbocycles. The van der Waals surface area contributed by atoms with Crippen molar-refractivity contribution in [3.05, 3.63) is 12.2 Å². The van der Waals surface area contributed by atoms with Crippen LogP contribution in [0.2, 0.25) is 0 Å². The van der Waals surface area contributed by atoms with Crippen molar-refractivity contribution in [2.24, 2.45) is 0 Å². The van der Waals surface area contributed by atoms with Gasteiger partial charge >= 0.3 is 5.97 Å². The zero-order valence-electron chi connectivity index (χ0n) is 6.20. The molecule has 0 aliphatic heterocycles. The van der Waals surface area contributed by atoms with E-state index < -0.39 is 12.6 Å². The first-order valence-electron chi connectivity index (χ1n) is 3.14. The summed E-state index contributed by atoms with van der Waals surface area (Å²) in [6.07, 6.45) is 3.27. The summed E-state index contributed by atoms with van der Waals surface area (Å²) in [6.45, 7) is 3.01. The van der Waals surface area contributed by atoms with Crippen LogP contribution in [0.25, 0.3) is 0 Å². The predicted octanol–water partition coefficient (Wildman–Crippen LogP) is 0.486. The number of carbonyl (C=O) groups excluding carboxylic acids is 1.